The van der Waals surface area contributed by atoms with Gasteiger partial charge in [0.05, 0.1) is 0 Å². The highest BCUT2D eigenvalue weighted by atomic mass is 15.1. The van der Waals surface area contributed by atoms with E-state index in [2.05, 4.69) is 39.6 Å². The Hall–Kier alpha value is -0.0400. The highest BCUT2D eigenvalue weighted by molar-refractivity contribution is 4.70. The van der Waals surface area contributed by atoms with Gasteiger partial charge in [-0.3, -0.25) is 0 Å². The molecule has 1 heteroatoms. The van der Waals surface area contributed by atoms with Crippen molar-refractivity contribution in [1.82, 2.24) is 4.90 Å². The average molecular weight is 157 g/mol. The normalized spacial score (nSPS) is 25.1. The van der Waals surface area contributed by atoms with Crippen molar-refractivity contribution in [2.75, 3.05) is 13.6 Å². The van der Waals surface area contributed by atoms with Gasteiger partial charge in [-0.05, 0) is 39.3 Å². The molecule has 0 spiro atoms. The van der Waals surface area contributed by atoms with E-state index in [9.17, 15) is 0 Å². The molecule has 0 bridgehead atoms. The van der Waals surface area contributed by atoms with E-state index in [1.165, 1.54) is 19.4 Å². The molecule has 0 aromatic heterocycles. The molecule has 11 heavy (non-hydrogen) atoms. The van der Waals surface area contributed by atoms with Crippen LogP contribution < -0.4 is 0 Å². The van der Waals surface area contributed by atoms with Gasteiger partial charge in [0.2, 0.25) is 0 Å². The summed E-state index contributed by atoms with van der Waals surface area (Å²) in [5, 5.41) is 0. The fourth-order valence-electron chi connectivity index (χ4n) is 1.08. The van der Waals surface area contributed by atoms with Gasteiger partial charge >= 0.3 is 0 Å². The summed E-state index contributed by atoms with van der Waals surface area (Å²) in [6, 6.07) is 0.847. The molecule has 0 amide bonds. The molecule has 1 aliphatic rings. The number of hydrogen-bond acceptors (Lipinski definition) is 1. The van der Waals surface area contributed by atoms with E-state index >= 15 is 0 Å². The van der Waals surface area contributed by atoms with Gasteiger partial charge in [0.1, 0.15) is 0 Å². The van der Waals surface area contributed by atoms with E-state index < -0.39 is 0 Å². The molecule has 0 aliphatic carbocycles. The highest BCUT2D eigenvalue weighted by Gasteiger charge is 2.14. The summed E-state index contributed by atoms with van der Waals surface area (Å²) in [6.45, 7) is 10.1. The van der Waals surface area contributed by atoms with Gasteiger partial charge in [-0.25, -0.2) is 0 Å². The van der Waals surface area contributed by atoms with E-state index in [4.69, 9.17) is 0 Å². The van der Waals surface area contributed by atoms with Crippen LogP contribution in [0, 0.1) is 5.92 Å². The molecule has 1 rings (SSSR count). The van der Waals surface area contributed by atoms with Crippen LogP contribution in [0.2, 0.25) is 0 Å². The molecule has 0 unspecified atom stereocenters. The van der Waals surface area contributed by atoms with Crippen LogP contribution in [0.4, 0.5) is 0 Å². The topological polar surface area (TPSA) is 3.24 Å². The fourth-order valence-corrected chi connectivity index (χ4v) is 1.08. The molecule has 0 aromatic carbocycles. The van der Waals surface area contributed by atoms with Crippen molar-refractivity contribution < 1.29 is 0 Å². The zero-order chi connectivity index (χ0) is 8.85. The summed E-state index contributed by atoms with van der Waals surface area (Å²) in [4.78, 5) is 2.40. The molecule has 68 valence electrons. The van der Waals surface area contributed by atoms with Crippen LogP contribution in [0.3, 0.4) is 0 Å². The second kappa shape index (κ2) is 5.59. The minimum atomic E-state index is 0.833. The van der Waals surface area contributed by atoms with Gasteiger partial charge in [0, 0.05) is 6.04 Å². The number of likely N-dealkylation sites (tertiary alicyclic amines) is 1. The van der Waals surface area contributed by atoms with E-state index in [-0.39, 0.29) is 0 Å². The Morgan fingerprint density at radius 1 is 1.27 bits per heavy atom. The molecule has 0 saturated carbocycles. The van der Waals surface area contributed by atoms with E-state index in [0.29, 0.717) is 0 Å². The van der Waals surface area contributed by atoms with Crippen molar-refractivity contribution in [3.63, 3.8) is 0 Å². The van der Waals surface area contributed by atoms with Crippen molar-refractivity contribution in [1.29, 1.82) is 0 Å². The van der Waals surface area contributed by atoms with Crippen LogP contribution in [-0.2, 0) is 0 Å². The van der Waals surface area contributed by atoms with Crippen LogP contribution in [-0.4, -0.2) is 24.5 Å². The van der Waals surface area contributed by atoms with Gasteiger partial charge in [0.25, 0.3) is 0 Å². The Bertz CT molecular complexity index is 78.1. The smallest absolute Gasteiger partial charge is 0.00643 e. The Labute approximate surface area is 71.8 Å². The molecule has 0 aromatic rings. The maximum atomic E-state index is 2.40. The lowest BCUT2D eigenvalue weighted by atomic mass is 10.3. The molecule has 1 nitrogen and oxygen atoms in total. The third kappa shape index (κ3) is 6.36. The molecule has 0 radical (unpaired) electrons. The van der Waals surface area contributed by atoms with Crippen LogP contribution in [0.25, 0.3) is 0 Å². The largest absolute Gasteiger partial charge is 0.304 e. The van der Waals surface area contributed by atoms with Crippen LogP contribution in [0.1, 0.15) is 40.5 Å². The lowest BCUT2D eigenvalue weighted by Crippen LogP contribution is -2.20. The predicted molar refractivity (Wildman–Crippen MR) is 51.8 cm³/mol. The summed E-state index contributed by atoms with van der Waals surface area (Å²) in [5.74, 6) is 0.833. The third-order valence-electron chi connectivity index (χ3n) is 1.89. The van der Waals surface area contributed by atoms with Gasteiger partial charge in [0.15, 0.2) is 0 Å². The molecule has 0 N–H and O–H groups in total. The number of hydrogen-bond donors (Lipinski definition) is 0. The fraction of sp³-hybridized carbons (Fsp3) is 1.00. The van der Waals surface area contributed by atoms with Gasteiger partial charge in [-0.1, -0.05) is 20.8 Å². The first-order valence-corrected chi connectivity index (χ1v) is 4.74. The zero-order valence-electron chi connectivity index (χ0n) is 8.72. The van der Waals surface area contributed by atoms with Crippen LogP contribution >= 0.6 is 0 Å². The first-order chi connectivity index (χ1) is 5.04. The van der Waals surface area contributed by atoms with Crippen molar-refractivity contribution >= 4 is 0 Å². The van der Waals surface area contributed by atoms with Gasteiger partial charge in [-0.2, -0.15) is 0 Å². The van der Waals surface area contributed by atoms with Crippen molar-refractivity contribution in [3.8, 4) is 0 Å². The van der Waals surface area contributed by atoms with E-state index in [1.54, 1.807) is 0 Å². The zero-order valence-corrected chi connectivity index (χ0v) is 8.72. The second-order valence-corrected chi connectivity index (χ2v) is 4.20. The highest BCUT2D eigenvalue weighted by Crippen LogP contribution is 2.12. The van der Waals surface area contributed by atoms with Crippen molar-refractivity contribution in [2.45, 2.75) is 46.6 Å². The number of nitrogens with zero attached hydrogens (tertiary/aromatic N) is 1. The Kier molecular flexibility index (Phi) is 5.57. The lowest BCUT2D eigenvalue weighted by molar-refractivity contribution is 0.331. The van der Waals surface area contributed by atoms with E-state index in [1.807, 2.05) is 0 Å². The molecule has 1 fully saturated rings. The first kappa shape index (κ1) is 11.0. The van der Waals surface area contributed by atoms with E-state index in [0.717, 1.165) is 12.0 Å². The van der Waals surface area contributed by atoms with Crippen LogP contribution in [0.5, 0.6) is 0 Å². The Morgan fingerprint density at radius 2 is 1.73 bits per heavy atom. The average Bonchev–Trinajstić information content (AvgIpc) is 2.15. The number of rotatable bonds is 0. The maximum absolute atomic E-state index is 2.40. The minimum Gasteiger partial charge on any atom is -0.304 e. The predicted octanol–water partition coefficient (Wildman–Crippen LogP) is 2.76. The Balaban J connectivity index is 0.000000218. The van der Waals surface area contributed by atoms with Gasteiger partial charge in [-0.15, -0.1) is 0 Å². The summed E-state index contributed by atoms with van der Waals surface area (Å²) in [5.41, 5.74) is 0. The summed E-state index contributed by atoms with van der Waals surface area (Å²) < 4.78 is 0. The molecule has 1 heterocycles. The molecular formula is C10H23N. The summed E-state index contributed by atoms with van der Waals surface area (Å²) >= 11 is 0. The second-order valence-electron chi connectivity index (χ2n) is 4.20. The Morgan fingerprint density at radius 3 is 1.82 bits per heavy atom. The molecule has 1 aliphatic heterocycles. The third-order valence-corrected chi connectivity index (χ3v) is 1.89. The summed E-state index contributed by atoms with van der Waals surface area (Å²) in [7, 11) is 2.19. The molecule has 1 saturated heterocycles. The standard InChI is InChI=1S/C6H13N.C4H10/c1-6-4-3-5-7(6)2;1-4(2)3/h6H,3-5H2,1-2H3;4H,1-3H3/t6-;/m1./s1. The minimum absolute atomic E-state index is 0.833. The SMILES string of the molecule is CC(C)C.C[C@@H]1CCCN1C. The van der Waals surface area contributed by atoms with Crippen LogP contribution in [0.15, 0.2) is 0 Å². The first-order valence-electron chi connectivity index (χ1n) is 4.74. The van der Waals surface area contributed by atoms with Crippen molar-refractivity contribution in [2.24, 2.45) is 5.92 Å². The molecular weight excluding hydrogens is 134 g/mol. The van der Waals surface area contributed by atoms with Crippen molar-refractivity contribution in [3.05, 3.63) is 0 Å². The van der Waals surface area contributed by atoms with Gasteiger partial charge < -0.3 is 4.90 Å². The monoisotopic (exact) mass is 157 g/mol. The maximum Gasteiger partial charge on any atom is 0.00643 e. The lowest BCUT2D eigenvalue weighted by Gasteiger charge is -2.12. The summed E-state index contributed by atoms with van der Waals surface area (Å²) in [6.07, 6.45) is 2.80. The molecule has 1 atom stereocenters. The quantitative estimate of drug-likeness (QED) is 0.522.